The molecule has 0 aliphatic rings. The first kappa shape index (κ1) is 16.4. The number of carbonyl (C=O) groups is 1. The van der Waals surface area contributed by atoms with E-state index >= 15 is 0 Å². The molecule has 0 unspecified atom stereocenters. The van der Waals surface area contributed by atoms with Crippen molar-refractivity contribution in [2.45, 2.75) is 0 Å². The molecule has 0 radical (unpaired) electrons. The quantitative estimate of drug-likeness (QED) is 0.795. The zero-order chi connectivity index (χ0) is 15.9. The summed E-state index contributed by atoms with van der Waals surface area (Å²) in [6.07, 6.45) is 1.47. The van der Waals surface area contributed by atoms with E-state index in [1.165, 1.54) is 18.3 Å². The van der Waals surface area contributed by atoms with Gasteiger partial charge < -0.3 is 14.8 Å². The van der Waals surface area contributed by atoms with Gasteiger partial charge >= 0.3 is 0 Å². The molecular weight excluding hydrogens is 355 g/mol. The normalized spacial score (nSPS) is 10.3. The van der Waals surface area contributed by atoms with E-state index in [-0.39, 0.29) is 5.56 Å². The van der Waals surface area contributed by atoms with Crippen molar-refractivity contribution in [2.75, 3.05) is 25.6 Å². The lowest BCUT2D eigenvalue weighted by atomic mass is 10.2. The molecule has 0 bridgehead atoms. The van der Waals surface area contributed by atoms with Gasteiger partial charge in [0.1, 0.15) is 12.4 Å². The van der Waals surface area contributed by atoms with Crippen molar-refractivity contribution in [2.24, 2.45) is 0 Å². The lowest BCUT2D eigenvalue weighted by Crippen LogP contribution is -2.13. The molecule has 1 heterocycles. The van der Waals surface area contributed by atoms with Gasteiger partial charge in [0.15, 0.2) is 0 Å². The van der Waals surface area contributed by atoms with Gasteiger partial charge in [-0.05, 0) is 40.2 Å². The molecule has 0 aliphatic heterocycles. The Balaban J connectivity index is 2.01. The van der Waals surface area contributed by atoms with E-state index in [0.717, 1.165) is 6.07 Å². The molecule has 0 saturated carbocycles. The van der Waals surface area contributed by atoms with Gasteiger partial charge in [-0.1, -0.05) is 0 Å². The van der Waals surface area contributed by atoms with Gasteiger partial charge in [0, 0.05) is 17.6 Å². The summed E-state index contributed by atoms with van der Waals surface area (Å²) in [6.45, 7) is 0.860. The van der Waals surface area contributed by atoms with E-state index in [1.807, 2.05) is 0 Å². The van der Waals surface area contributed by atoms with E-state index in [0.29, 0.717) is 29.3 Å². The molecular formula is C15H14BrFN2O3. The summed E-state index contributed by atoms with van der Waals surface area (Å²) in [5.41, 5.74) is 0.695. The summed E-state index contributed by atoms with van der Waals surface area (Å²) in [4.78, 5) is 16.2. The van der Waals surface area contributed by atoms with Crippen LogP contribution in [0, 0.1) is 5.82 Å². The second kappa shape index (κ2) is 7.86. The summed E-state index contributed by atoms with van der Waals surface area (Å²) in [6, 6.07) is 7.20. The highest BCUT2D eigenvalue weighted by molar-refractivity contribution is 9.10. The monoisotopic (exact) mass is 368 g/mol. The number of nitrogens with zero attached hydrogens (tertiary/aromatic N) is 1. The number of pyridine rings is 1. The zero-order valence-electron chi connectivity index (χ0n) is 11.8. The maximum Gasteiger partial charge on any atom is 0.256 e. The van der Waals surface area contributed by atoms with Crippen LogP contribution < -0.4 is 10.1 Å². The molecule has 2 aromatic rings. The Hall–Kier alpha value is -1.99. The number of halogens is 2. The molecule has 1 N–H and O–H groups in total. The van der Waals surface area contributed by atoms with Crippen LogP contribution in [0.15, 0.2) is 41.0 Å². The minimum absolute atomic E-state index is 0.209. The van der Waals surface area contributed by atoms with Gasteiger partial charge in [-0.2, -0.15) is 0 Å². The lowest BCUT2D eigenvalue weighted by Gasteiger charge is -2.08. The van der Waals surface area contributed by atoms with Crippen molar-refractivity contribution in [1.29, 1.82) is 0 Å². The van der Waals surface area contributed by atoms with Gasteiger partial charge in [-0.25, -0.2) is 9.37 Å². The van der Waals surface area contributed by atoms with Crippen molar-refractivity contribution < 1.29 is 18.7 Å². The van der Waals surface area contributed by atoms with Gasteiger partial charge in [-0.15, -0.1) is 0 Å². The summed E-state index contributed by atoms with van der Waals surface area (Å²) >= 11 is 3.22. The summed E-state index contributed by atoms with van der Waals surface area (Å²) < 4.78 is 23.9. The fourth-order valence-corrected chi connectivity index (χ4v) is 2.07. The first-order valence-corrected chi connectivity index (χ1v) is 7.23. The van der Waals surface area contributed by atoms with E-state index in [1.54, 1.807) is 19.2 Å². The predicted octanol–water partition coefficient (Wildman–Crippen LogP) is 3.26. The van der Waals surface area contributed by atoms with E-state index in [2.05, 4.69) is 26.2 Å². The molecule has 1 amide bonds. The zero-order valence-corrected chi connectivity index (χ0v) is 13.4. The van der Waals surface area contributed by atoms with Crippen molar-refractivity contribution >= 4 is 27.5 Å². The molecule has 116 valence electrons. The summed E-state index contributed by atoms with van der Waals surface area (Å²) in [5.74, 6) is -0.475. The molecule has 1 aromatic heterocycles. The number of rotatable bonds is 6. The topological polar surface area (TPSA) is 60.5 Å². The van der Waals surface area contributed by atoms with Crippen molar-refractivity contribution in [3.05, 3.63) is 52.4 Å². The van der Waals surface area contributed by atoms with Gasteiger partial charge in [0.25, 0.3) is 5.91 Å². The first-order chi connectivity index (χ1) is 10.6. The lowest BCUT2D eigenvalue weighted by molar-refractivity contribution is 0.102. The minimum Gasteiger partial charge on any atom is -0.475 e. The van der Waals surface area contributed by atoms with E-state index < -0.39 is 11.7 Å². The molecule has 0 aliphatic carbocycles. The number of methoxy groups -OCH3 is 1. The number of aromatic nitrogens is 1. The Bertz CT molecular complexity index is 650. The van der Waals surface area contributed by atoms with Crippen molar-refractivity contribution in [3.63, 3.8) is 0 Å². The number of hydrogen-bond donors (Lipinski definition) is 1. The van der Waals surface area contributed by atoms with Crippen LogP contribution in [0.2, 0.25) is 0 Å². The second-order valence-corrected chi connectivity index (χ2v) is 5.16. The van der Waals surface area contributed by atoms with Crippen LogP contribution in [0.4, 0.5) is 10.1 Å². The molecule has 22 heavy (non-hydrogen) atoms. The largest absolute Gasteiger partial charge is 0.475 e. The smallest absolute Gasteiger partial charge is 0.256 e. The van der Waals surface area contributed by atoms with Crippen LogP contribution in [0.5, 0.6) is 5.88 Å². The minimum atomic E-state index is -0.478. The van der Waals surface area contributed by atoms with Crippen LogP contribution in [0.25, 0.3) is 0 Å². The standard InChI is InChI=1S/C15H14BrFN2O3/c1-21-6-7-22-14-5-3-11(9-18-14)19-15(20)12-8-10(17)2-4-13(12)16/h2-5,8-9H,6-7H2,1H3,(H,19,20). The number of amides is 1. The maximum absolute atomic E-state index is 13.2. The number of benzene rings is 1. The van der Waals surface area contributed by atoms with Gasteiger partial charge in [0.2, 0.25) is 5.88 Å². The van der Waals surface area contributed by atoms with Crippen molar-refractivity contribution in [1.82, 2.24) is 4.98 Å². The molecule has 5 nitrogen and oxygen atoms in total. The van der Waals surface area contributed by atoms with E-state index in [4.69, 9.17) is 9.47 Å². The molecule has 0 atom stereocenters. The molecule has 2 rings (SSSR count). The fourth-order valence-electron chi connectivity index (χ4n) is 1.64. The van der Waals surface area contributed by atoms with Crippen LogP contribution >= 0.6 is 15.9 Å². The van der Waals surface area contributed by atoms with Crippen LogP contribution in [0.3, 0.4) is 0 Å². The number of hydrogen-bond acceptors (Lipinski definition) is 4. The Morgan fingerprint density at radius 3 is 2.82 bits per heavy atom. The van der Waals surface area contributed by atoms with Gasteiger partial charge in [0.05, 0.1) is 24.1 Å². The number of anilines is 1. The third-order valence-corrected chi connectivity index (χ3v) is 3.40. The Morgan fingerprint density at radius 2 is 2.14 bits per heavy atom. The number of nitrogens with one attached hydrogen (secondary N) is 1. The highest BCUT2D eigenvalue weighted by Gasteiger charge is 2.11. The fraction of sp³-hybridized carbons (Fsp3) is 0.200. The van der Waals surface area contributed by atoms with Crippen LogP contribution in [0.1, 0.15) is 10.4 Å². The van der Waals surface area contributed by atoms with Crippen LogP contribution in [-0.4, -0.2) is 31.2 Å². The third kappa shape index (κ3) is 4.51. The first-order valence-electron chi connectivity index (χ1n) is 6.44. The predicted molar refractivity (Wildman–Crippen MR) is 83.7 cm³/mol. The summed E-state index contributed by atoms with van der Waals surface area (Å²) in [7, 11) is 1.58. The highest BCUT2D eigenvalue weighted by atomic mass is 79.9. The van der Waals surface area contributed by atoms with E-state index in [9.17, 15) is 9.18 Å². The Kier molecular flexibility index (Phi) is 5.85. The summed E-state index contributed by atoms with van der Waals surface area (Å²) in [5, 5.41) is 2.64. The SMILES string of the molecule is COCCOc1ccc(NC(=O)c2cc(F)ccc2Br)cn1. The molecule has 7 heteroatoms. The Labute approximate surface area is 135 Å². The third-order valence-electron chi connectivity index (χ3n) is 2.70. The average Bonchev–Trinajstić information content (AvgIpc) is 2.51. The van der Waals surface area contributed by atoms with Gasteiger partial charge in [-0.3, -0.25) is 4.79 Å². The average molecular weight is 369 g/mol. The molecule has 1 aromatic carbocycles. The molecule has 0 fully saturated rings. The number of carbonyl (C=O) groups excluding carboxylic acids is 1. The molecule has 0 spiro atoms. The highest BCUT2D eigenvalue weighted by Crippen LogP contribution is 2.20. The maximum atomic E-state index is 13.2. The second-order valence-electron chi connectivity index (χ2n) is 4.30. The Morgan fingerprint density at radius 1 is 1.32 bits per heavy atom. The molecule has 0 saturated heterocycles. The van der Waals surface area contributed by atoms with Crippen LogP contribution in [-0.2, 0) is 4.74 Å². The van der Waals surface area contributed by atoms with Crippen molar-refractivity contribution in [3.8, 4) is 5.88 Å². The number of ether oxygens (including phenoxy) is 2.